The molecule has 0 radical (unpaired) electrons. The van der Waals surface area contributed by atoms with E-state index in [-0.39, 0.29) is 17.8 Å². The molecule has 0 amide bonds. The quantitative estimate of drug-likeness (QED) is 0.521. The Hall–Kier alpha value is -3.12. The standard InChI is InChI=1S/C26H33F3N8O/c1-16-12-20-19(13-31-34-20)23(22(16)26(27,28)29)37-9-5-18-21(14-37)32-25(38-15-17-4-3-8-35(17)2)33-24(18)36-10-6-30-7-11-36/h12-13,17,30H,3-11,14-15H2,1-2H3,(H,31,34)/t17-/m0/s1. The first kappa shape index (κ1) is 25.2. The van der Waals surface area contributed by atoms with Gasteiger partial charge < -0.3 is 24.8 Å². The number of aromatic amines is 1. The Morgan fingerprint density at radius 3 is 2.66 bits per heavy atom. The lowest BCUT2D eigenvalue weighted by molar-refractivity contribution is -0.137. The Labute approximate surface area is 219 Å². The van der Waals surface area contributed by atoms with E-state index in [1.54, 1.807) is 4.90 Å². The van der Waals surface area contributed by atoms with Gasteiger partial charge in [-0.15, -0.1) is 0 Å². The molecule has 2 N–H and O–H groups in total. The van der Waals surface area contributed by atoms with E-state index in [4.69, 9.17) is 14.7 Å². The third kappa shape index (κ3) is 4.64. The molecular formula is C26H33F3N8O. The van der Waals surface area contributed by atoms with Crippen molar-refractivity contribution < 1.29 is 17.9 Å². The maximum atomic E-state index is 14.3. The Kier molecular flexibility index (Phi) is 6.55. The molecule has 204 valence electrons. The van der Waals surface area contributed by atoms with E-state index in [2.05, 4.69) is 32.4 Å². The topological polar surface area (TPSA) is 85.4 Å². The van der Waals surface area contributed by atoms with Crippen LogP contribution in [0.15, 0.2) is 12.3 Å². The number of aromatic nitrogens is 4. The largest absolute Gasteiger partial charge is 0.462 e. The van der Waals surface area contributed by atoms with Crippen LogP contribution in [0.25, 0.3) is 10.9 Å². The van der Waals surface area contributed by atoms with Gasteiger partial charge in [0.1, 0.15) is 12.4 Å². The molecule has 0 unspecified atom stereocenters. The maximum Gasteiger partial charge on any atom is 0.418 e. The minimum absolute atomic E-state index is 0.157. The molecule has 1 aromatic carbocycles. The number of benzene rings is 1. The van der Waals surface area contributed by atoms with Crippen LogP contribution in [0.2, 0.25) is 0 Å². The van der Waals surface area contributed by atoms with Gasteiger partial charge in [0.05, 0.1) is 35.2 Å². The minimum atomic E-state index is -4.50. The molecule has 38 heavy (non-hydrogen) atoms. The second-order valence-corrected chi connectivity index (χ2v) is 10.5. The summed E-state index contributed by atoms with van der Waals surface area (Å²) >= 11 is 0. The van der Waals surface area contributed by atoms with Gasteiger partial charge in [-0.1, -0.05) is 0 Å². The minimum Gasteiger partial charge on any atom is -0.462 e. The molecule has 0 aliphatic carbocycles. The predicted octanol–water partition coefficient (Wildman–Crippen LogP) is 3.13. The van der Waals surface area contributed by atoms with E-state index in [9.17, 15) is 13.2 Å². The number of anilines is 2. The molecule has 9 nitrogen and oxygen atoms in total. The van der Waals surface area contributed by atoms with Crippen LogP contribution in [-0.4, -0.2) is 84.0 Å². The number of alkyl halides is 3. The maximum absolute atomic E-state index is 14.3. The summed E-state index contributed by atoms with van der Waals surface area (Å²) in [6, 6.07) is 2.13. The lowest BCUT2D eigenvalue weighted by atomic mass is 9.98. The molecule has 0 spiro atoms. The number of hydrogen-bond acceptors (Lipinski definition) is 8. The van der Waals surface area contributed by atoms with Crippen LogP contribution < -0.4 is 19.9 Å². The number of nitrogens with one attached hydrogen (secondary N) is 2. The predicted molar refractivity (Wildman–Crippen MR) is 139 cm³/mol. The monoisotopic (exact) mass is 530 g/mol. The highest BCUT2D eigenvalue weighted by Crippen LogP contribution is 2.44. The van der Waals surface area contributed by atoms with Crippen molar-refractivity contribution in [3.05, 3.63) is 34.6 Å². The summed E-state index contributed by atoms with van der Waals surface area (Å²) in [4.78, 5) is 15.9. The molecular weight excluding hydrogens is 497 g/mol. The van der Waals surface area contributed by atoms with Crippen LogP contribution in [0.4, 0.5) is 24.7 Å². The fraction of sp³-hybridized carbons (Fsp3) is 0.577. The van der Waals surface area contributed by atoms with E-state index in [1.807, 2.05) is 0 Å². The highest BCUT2D eigenvalue weighted by Gasteiger charge is 2.39. The van der Waals surface area contributed by atoms with Crippen LogP contribution in [-0.2, 0) is 19.1 Å². The molecule has 12 heteroatoms. The van der Waals surface area contributed by atoms with E-state index >= 15 is 0 Å². The van der Waals surface area contributed by atoms with E-state index in [1.165, 1.54) is 19.2 Å². The highest BCUT2D eigenvalue weighted by atomic mass is 19.4. The second-order valence-electron chi connectivity index (χ2n) is 10.5. The van der Waals surface area contributed by atoms with Gasteiger partial charge in [0.15, 0.2) is 0 Å². The number of aryl methyl sites for hydroxylation is 1. The number of fused-ring (bicyclic) bond motifs is 2. The van der Waals surface area contributed by atoms with Gasteiger partial charge in [0, 0.05) is 49.7 Å². The number of ether oxygens (including phenoxy) is 1. The number of H-pyrrole nitrogens is 1. The van der Waals surface area contributed by atoms with E-state index < -0.39 is 11.7 Å². The zero-order valence-electron chi connectivity index (χ0n) is 21.7. The Morgan fingerprint density at radius 2 is 1.92 bits per heavy atom. The first-order valence-corrected chi connectivity index (χ1v) is 13.3. The fourth-order valence-corrected chi connectivity index (χ4v) is 6.03. The first-order valence-electron chi connectivity index (χ1n) is 13.3. The zero-order valence-corrected chi connectivity index (χ0v) is 21.7. The summed E-state index contributed by atoms with van der Waals surface area (Å²) in [5, 5.41) is 10.7. The third-order valence-corrected chi connectivity index (χ3v) is 8.03. The van der Waals surface area contributed by atoms with Crippen molar-refractivity contribution >= 4 is 22.4 Å². The van der Waals surface area contributed by atoms with Crippen molar-refractivity contribution in [2.45, 2.75) is 44.9 Å². The number of piperazine rings is 1. The molecule has 2 saturated heterocycles. The molecule has 3 aliphatic rings. The van der Waals surface area contributed by atoms with Crippen LogP contribution in [0, 0.1) is 6.92 Å². The molecule has 0 bridgehead atoms. The van der Waals surface area contributed by atoms with Crippen LogP contribution in [0.3, 0.4) is 0 Å². The van der Waals surface area contributed by atoms with Crippen molar-refractivity contribution in [3.8, 4) is 6.01 Å². The summed E-state index contributed by atoms with van der Waals surface area (Å²) in [5.41, 5.74) is 2.02. The molecule has 2 fully saturated rings. The van der Waals surface area contributed by atoms with Crippen molar-refractivity contribution in [2.75, 3.05) is 62.7 Å². The normalized spacial score (nSPS) is 20.8. The average Bonchev–Trinajstić information content (AvgIpc) is 3.54. The molecule has 2 aromatic heterocycles. The van der Waals surface area contributed by atoms with Gasteiger partial charge in [0.2, 0.25) is 0 Å². The summed E-state index contributed by atoms with van der Waals surface area (Å²) < 4.78 is 49.1. The number of nitrogens with zero attached hydrogens (tertiary/aromatic N) is 6. The number of hydrogen-bond donors (Lipinski definition) is 2. The molecule has 1 atom stereocenters. The summed E-state index contributed by atoms with van der Waals surface area (Å²) in [5.74, 6) is 0.847. The van der Waals surface area contributed by atoms with Gasteiger partial charge in [-0.2, -0.15) is 28.2 Å². The van der Waals surface area contributed by atoms with Gasteiger partial charge >= 0.3 is 12.2 Å². The van der Waals surface area contributed by atoms with Crippen LogP contribution in [0.1, 0.15) is 35.2 Å². The number of rotatable bonds is 5. The summed E-state index contributed by atoms with van der Waals surface area (Å²) in [6.45, 7) is 7.02. The third-order valence-electron chi connectivity index (χ3n) is 8.03. The van der Waals surface area contributed by atoms with Gasteiger partial charge in [-0.05, 0) is 51.4 Å². The number of likely N-dealkylation sites (N-methyl/N-ethyl adjacent to an activating group) is 1. The van der Waals surface area contributed by atoms with Gasteiger partial charge in [0.25, 0.3) is 0 Å². The molecule has 3 aliphatic heterocycles. The van der Waals surface area contributed by atoms with E-state index in [0.29, 0.717) is 42.5 Å². The fourth-order valence-electron chi connectivity index (χ4n) is 6.03. The average molecular weight is 531 g/mol. The highest BCUT2D eigenvalue weighted by molar-refractivity contribution is 5.95. The smallest absolute Gasteiger partial charge is 0.418 e. The van der Waals surface area contributed by atoms with Crippen molar-refractivity contribution in [1.82, 2.24) is 30.4 Å². The molecule has 3 aromatic rings. The SMILES string of the molecule is Cc1cc2[nH]ncc2c(N2CCc3c(nc(OC[C@@H]4CCCN4C)nc3N3CCNCC3)C2)c1C(F)(F)F. The molecule has 5 heterocycles. The summed E-state index contributed by atoms with van der Waals surface area (Å²) in [6.07, 6.45) is -0.270. The van der Waals surface area contributed by atoms with Gasteiger partial charge in [-0.25, -0.2) is 0 Å². The number of likely N-dealkylation sites (tertiary alicyclic amines) is 1. The molecule has 0 saturated carbocycles. The van der Waals surface area contributed by atoms with Crippen LogP contribution >= 0.6 is 0 Å². The molecule has 6 rings (SSSR count). The van der Waals surface area contributed by atoms with Crippen molar-refractivity contribution in [3.63, 3.8) is 0 Å². The Balaban J connectivity index is 1.38. The summed E-state index contributed by atoms with van der Waals surface area (Å²) in [7, 11) is 2.09. The lowest BCUT2D eigenvalue weighted by Gasteiger charge is -2.36. The number of halogens is 3. The van der Waals surface area contributed by atoms with Crippen molar-refractivity contribution in [1.29, 1.82) is 0 Å². The van der Waals surface area contributed by atoms with Crippen LogP contribution in [0.5, 0.6) is 6.01 Å². The zero-order chi connectivity index (χ0) is 26.4. The lowest BCUT2D eigenvalue weighted by Crippen LogP contribution is -2.45. The van der Waals surface area contributed by atoms with E-state index in [0.717, 1.165) is 62.6 Å². The van der Waals surface area contributed by atoms with Crippen molar-refractivity contribution in [2.24, 2.45) is 0 Å². The second kappa shape index (κ2) is 9.88. The Morgan fingerprint density at radius 1 is 1.11 bits per heavy atom. The first-order chi connectivity index (χ1) is 18.3. The Bertz CT molecular complexity index is 1320. The van der Waals surface area contributed by atoms with Gasteiger partial charge in [-0.3, -0.25) is 5.10 Å².